The zero-order valence-electron chi connectivity index (χ0n) is 10.5. The summed E-state index contributed by atoms with van der Waals surface area (Å²) in [7, 11) is -3.56. The molecule has 0 radical (unpaired) electrons. The number of carboxylic acid groups (broad SMARTS) is 1. The van der Waals surface area contributed by atoms with E-state index in [1.807, 2.05) is 0 Å². The number of hydrogen-bond acceptors (Lipinski definition) is 6. The van der Waals surface area contributed by atoms with E-state index in [-0.39, 0.29) is 0 Å². The van der Waals surface area contributed by atoms with E-state index in [1.165, 1.54) is 6.92 Å². The van der Waals surface area contributed by atoms with Crippen molar-refractivity contribution in [1.82, 2.24) is 4.90 Å². The van der Waals surface area contributed by atoms with Gasteiger partial charge in [0, 0.05) is 6.08 Å². The summed E-state index contributed by atoms with van der Waals surface area (Å²) in [6.07, 6.45) is 2.08. The molecule has 110 valence electrons. The third-order valence-corrected chi connectivity index (χ3v) is 6.80. The number of allylic oxidation sites excluding steroid dienone is 1. The number of aliphatic hydroxyl groups excluding tert-OH is 1. The Morgan fingerprint density at radius 1 is 1.60 bits per heavy atom. The van der Waals surface area contributed by atoms with Crippen molar-refractivity contribution in [2.75, 3.05) is 6.61 Å². The highest BCUT2D eigenvalue weighted by molar-refractivity contribution is 8.26. The number of nitrogens with zero attached hydrogens (tertiary/aromatic N) is 2. The number of fused-ring (bicyclic) bond motifs is 1. The molecule has 0 aromatic rings. The first-order valence-electron chi connectivity index (χ1n) is 5.73. The first kappa shape index (κ1) is 14.8. The number of hydrogen-bond donors (Lipinski definition) is 4. The summed E-state index contributed by atoms with van der Waals surface area (Å²) in [5, 5.41) is 25.9. The SMILES string of the molecule is C[C@]1(/C=C\C#N)C(C(=O)O)N2C(=O)[C@@H](CO)C2S1(O)O. The molecule has 2 rings (SSSR count). The Hall–Kier alpha value is -1.60. The zero-order valence-corrected chi connectivity index (χ0v) is 11.3. The topological polar surface area (TPSA) is 142 Å². The molecule has 0 bridgehead atoms. The summed E-state index contributed by atoms with van der Waals surface area (Å²) in [5.74, 6) is -3.03. The Morgan fingerprint density at radius 2 is 2.20 bits per heavy atom. The number of carboxylic acids is 1. The summed E-state index contributed by atoms with van der Waals surface area (Å²) in [6.45, 7) is 0.704. The molecule has 2 heterocycles. The van der Waals surface area contributed by atoms with Gasteiger partial charge >= 0.3 is 5.97 Å². The number of rotatable bonds is 3. The highest BCUT2D eigenvalue weighted by Crippen LogP contribution is 2.70. The second kappa shape index (κ2) is 4.46. The standard InChI is InChI=1S/C11H14N2O6S/c1-11(3-2-4-12)7(10(16)17)13-8(15)6(5-14)9(13)20(11,18)19/h2-3,6-7,9,14,18-19H,5H2,1H3,(H,16,17)/b3-2-/t6-,7?,9?,11+/m1/s1. The second-order valence-corrected chi connectivity index (χ2v) is 7.45. The van der Waals surface area contributed by atoms with E-state index < -0.39 is 51.2 Å². The highest BCUT2D eigenvalue weighted by atomic mass is 32.3. The molecule has 2 aliphatic rings. The Morgan fingerprint density at radius 3 is 2.65 bits per heavy atom. The molecule has 0 spiro atoms. The van der Waals surface area contributed by atoms with Gasteiger partial charge in [0.05, 0.1) is 18.6 Å². The van der Waals surface area contributed by atoms with Crippen LogP contribution < -0.4 is 0 Å². The molecule has 0 aromatic carbocycles. The number of aliphatic carboxylic acids is 1. The number of carbonyl (C=O) groups is 2. The van der Waals surface area contributed by atoms with Crippen LogP contribution in [0, 0.1) is 17.2 Å². The summed E-state index contributed by atoms with van der Waals surface area (Å²) in [5.41, 5.74) is 0. The van der Waals surface area contributed by atoms with Crippen LogP contribution in [0.1, 0.15) is 6.92 Å². The summed E-state index contributed by atoms with van der Waals surface area (Å²) in [4.78, 5) is 24.1. The lowest BCUT2D eigenvalue weighted by Crippen LogP contribution is -2.64. The van der Waals surface area contributed by atoms with Crippen LogP contribution in [0.5, 0.6) is 0 Å². The lowest BCUT2D eigenvalue weighted by atomic mass is 9.91. The molecule has 4 N–H and O–H groups in total. The zero-order chi connectivity index (χ0) is 15.3. The molecular weight excluding hydrogens is 288 g/mol. The molecule has 0 saturated carbocycles. The van der Waals surface area contributed by atoms with Crippen molar-refractivity contribution in [1.29, 1.82) is 5.26 Å². The van der Waals surface area contributed by atoms with Crippen LogP contribution in [0.15, 0.2) is 12.2 Å². The predicted octanol–water partition coefficient (Wildman–Crippen LogP) is -0.181. The molecule has 8 nitrogen and oxygen atoms in total. The van der Waals surface area contributed by atoms with Crippen LogP contribution in [0.4, 0.5) is 0 Å². The van der Waals surface area contributed by atoms with Crippen molar-refractivity contribution < 1.29 is 28.9 Å². The van der Waals surface area contributed by atoms with Crippen LogP contribution in [-0.2, 0) is 9.59 Å². The molecule has 20 heavy (non-hydrogen) atoms. The Balaban J connectivity index is 2.56. The lowest BCUT2D eigenvalue weighted by molar-refractivity contribution is -0.165. The molecule has 0 aromatic heterocycles. The number of nitriles is 1. The van der Waals surface area contributed by atoms with E-state index in [4.69, 9.17) is 10.4 Å². The van der Waals surface area contributed by atoms with E-state index >= 15 is 0 Å². The fraction of sp³-hybridized carbons (Fsp3) is 0.545. The minimum absolute atomic E-state index is 0.583. The third-order valence-electron chi connectivity index (χ3n) is 3.91. The maximum Gasteiger partial charge on any atom is 0.329 e. The van der Waals surface area contributed by atoms with Gasteiger partial charge < -0.3 is 15.1 Å². The summed E-state index contributed by atoms with van der Waals surface area (Å²) in [6, 6.07) is 0.194. The van der Waals surface area contributed by atoms with Gasteiger partial charge in [0.25, 0.3) is 0 Å². The van der Waals surface area contributed by atoms with Crippen LogP contribution in [0.25, 0.3) is 0 Å². The van der Waals surface area contributed by atoms with E-state index in [1.54, 1.807) is 6.07 Å². The normalized spacial score (nSPS) is 40.0. The van der Waals surface area contributed by atoms with Gasteiger partial charge in [-0.25, -0.2) is 4.79 Å². The van der Waals surface area contributed by atoms with Crippen molar-refractivity contribution in [2.24, 2.45) is 5.92 Å². The quantitative estimate of drug-likeness (QED) is 0.418. The van der Waals surface area contributed by atoms with Crippen molar-refractivity contribution in [3.05, 3.63) is 12.2 Å². The Labute approximate surface area is 116 Å². The van der Waals surface area contributed by atoms with Gasteiger partial charge in [0.1, 0.15) is 10.1 Å². The third kappa shape index (κ3) is 1.53. The molecule has 0 aliphatic carbocycles. The Bertz CT molecular complexity index is 542. The molecule has 2 unspecified atom stereocenters. The van der Waals surface area contributed by atoms with Gasteiger partial charge in [0.15, 0.2) is 6.04 Å². The van der Waals surface area contributed by atoms with Crippen LogP contribution in [0.2, 0.25) is 0 Å². The second-order valence-electron chi connectivity index (χ2n) is 4.91. The first-order chi connectivity index (χ1) is 9.24. The van der Waals surface area contributed by atoms with Gasteiger partial charge in [-0.3, -0.25) is 13.9 Å². The van der Waals surface area contributed by atoms with Crippen molar-refractivity contribution in [3.8, 4) is 6.07 Å². The molecule has 4 atom stereocenters. The van der Waals surface area contributed by atoms with Crippen LogP contribution in [0.3, 0.4) is 0 Å². The largest absolute Gasteiger partial charge is 0.480 e. The minimum atomic E-state index is -3.56. The van der Waals surface area contributed by atoms with Gasteiger partial charge in [-0.05, 0) is 13.0 Å². The van der Waals surface area contributed by atoms with Gasteiger partial charge in [-0.2, -0.15) is 15.9 Å². The van der Waals surface area contributed by atoms with Gasteiger partial charge in [-0.15, -0.1) is 0 Å². The van der Waals surface area contributed by atoms with Crippen molar-refractivity contribution in [2.45, 2.75) is 23.1 Å². The summed E-state index contributed by atoms with van der Waals surface area (Å²) >= 11 is 0. The average Bonchev–Trinajstić information content (AvgIpc) is 2.52. The van der Waals surface area contributed by atoms with E-state index in [9.17, 15) is 23.8 Å². The van der Waals surface area contributed by atoms with Gasteiger partial charge in [0.2, 0.25) is 5.91 Å². The molecule has 2 aliphatic heterocycles. The maximum absolute atomic E-state index is 11.8. The van der Waals surface area contributed by atoms with E-state index in [0.717, 1.165) is 17.1 Å². The van der Waals surface area contributed by atoms with Crippen LogP contribution >= 0.6 is 10.6 Å². The number of amides is 1. The number of β-lactam (4-membered cyclic amide) rings is 1. The van der Waals surface area contributed by atoms with Gasteiger partial charge in [-0.1, -0.05) is 0 Å². The lowest BCUT2D eigenvalue weighted by Gasteiger charge is -2.50. The molecule has 2 fully saturated rings. The predicted molar refractivity (Wildman–Crippen MR) is 68.6 cm³/mol. The molecule has 1 amide bonds. The Kier molecular flexibility index (Phi) is 3.30. The summed E-state index contributed by atoms with van der Waals surface area (Å²) < 4.78 is 19.1. The maximum atomic E-state index is 11.8. The highest BCUT2D eigenvalue weighted by Gasteiger charge is 2.72. The smallest absolute Gasteiger partial charge is 0.329 e. The van der Waals surface area contributed by atoms with E-state index in [0.29, 0.717) is 0 Å². The van der Waals surface area contributed by atoms with Crippen molar-refractivity contribution >= 4 is 22.5 Å². The number of aliphatic hydroxyl groups is 1. The molecule has 2 saturated heterocycles. The minimum Gasteiger partial charge on any atom is -0.480 e. The molecular formula is C11H14N2O6S. The first-order valence-corrected chi connectivity index (χ1v) is 7.34. The monoisotopic (exact) mass is 302 g/mol. The van der Waals surface area contributed by atoms with Crippen LogP contribution in [-0.4, -0.2) is 58.9 Å². The number of carbonyl (C=O) groups excluding carboxylic acids is 1. The van der Waals surface area contributed by atoms with E-state index in [2.05, 4.69) is 0 Å². The molecule has 9 heteroatoms. The fourth-order valence-corrected chi connectivity index (χ4v) is 5.37. The van der Waals surface area contributed by atoms with Crippen molar-refractivity contribution in [3.63, 3.8) is 0 Å². The fourth-order valence-electron chi connectivity index (χ4n) is 2.84. The average molecular weight is 302 g/mol.